The van der Waals surface area contributed by atoms with Crippen molar-refractivity contribution in [3.05, 3.63) is 28.8 Å². The molecule has 0 aromatic heterocycles. The summed E-state index contributed by atoms with van der Waals surface area (Å²) < 4.78 is 28.1. The van der Waals surface area contributed by atoms with E-state index in [1.54, 1.807) is 25.1 Å². The van der Waals surface area contributed by atoms with Gasteiger partial charge in [0.25, 0.3) is 0 Å². The number of amides is 1. The van der Waals surface area contributed by atoms with E-state index in [2.05, 4.69) is 5.32 Å². The maximum absolute atomic E-state index is 13.4. The number of benzene rings is 1. The molecule has 1 amide bonds. The number of rotatable bonds is 4. The van der Waals surface area contributed by atoms with Crippen molar-refractivity contribution in [3.63, 3.8) is 0 Å². The van der Waals surface area contributed by atoms with Crippen LogP contribution in [0.2, 0.25) is 5.02 Å². The second-order valence-corrected chi connectivity index (χ2v) is 12.6. The van der Waals surface area contributed by atoms with Crippen LogP contribution in [-0.4, -0.2) is 37.8 Å². The summed E-state index contributed by atoms with van der Waals surface area (Å²) in [6, 6.07) is 4.89. The standard InChI is InChI=1S/C23H31ClN2O3S/c1-15-20(24)5-2-6-21(15)30(28,29)26-7-3-4-19(14-26)25-22(27)23-11-16-8-17(12-23)10-18(9-16)13-23/h2,5-6,16-19H,3-4,7-14H2,1H3,(H,25,27)/t16?,17?,18?,19-,23?/m0/s1. The number of piperidine rings is 1. The van der Waals surface area contributed by atoms with Gasteiger partial charge in [-0.1, -0.05) is 17.7 Å². The molecule has 4 aliphatic carbocycles. The highest BCUT2D eigenvalue weighted by molar-refractivity contribution is 7.89. The molecule has 1 aromatic carbocycles. The van der Waals surface area contributed by atoms with Crippen LogP contribution in [0, 0.1) is 30.1 Å². The summed E-state index contributed by atoms with van der Waals surface area (Å²) in [5.41, 5.74) is 0.387. The van der Waals surface area contributed by atoms with Gasteiger partial charge in [-0.05, 0) is 93.7 Å². The van der Waals surface area contributed by atoms with E-state index in [1.165, 1.54) is 23.6 Å². The van der Waals surface area contributed by atoms with Gasteiger partial charge < -0.3 is 5.32 Å². The van der Waals surface area contributed by atoms with Gasteiger partial charge in [-0.2, -0.15) is 4.31 Å². The summed E-state index contributed by atoms with van der Waals surface area (Å²) in [5.74, 6) is 2.34. The minimum absolute atomic E-state index is 0.117. The molecule has 0 spiro atoms. The molecule has 1 N–H and O–H groups in total. The van der Waals surface area contributed by atoms with Crippen LogP contribution in [0.15, 0.2) is 23.1 Å². The summed E-state index contributed by atoms with van der Waals surface area (Å²) in [6.07, 6.45) is 8.59. The molecule has 7 heteroatoms. The molecule has 30 heavy (non-hydrogen) atoms. The molecule has 5 fully saturated rings. The fourth-order valence-corrected chi connectivity index (χ4v) is 9.01. The molecule has 1 heterocycles. The molecule has 5 aliphatic rings. The molecule has 4 saturated carbocycles. The molecular weight excluding hydrogens is 420 g/mol. The molecule has 5 nitrogen and oxygen atoms in total. The van der Waals surface area contributed by atoms with Crippen LogP contribution in [0.4, 0.5) is 0 Å². The number of carbonyl (C=O) groups is 1. The zero-order valence-corrected chi connectivity index (χ0v) is 19.1. The van der Waals surface area contributed by atoms with Crippen LogP contribution in [0.3, 0.4) is 0 Å². The summed E-state index contributed by atoms with van der Waals surface area (Å²) in [4.78, 5) is 13.7. The van der Waals surface area contributed by atoms with Crippen LogP contribution in [0.1, 0.15) is 56.9 Å². The average Bonchev–Trinajstić information content (AvgIpc) is 2.69. The van der Waals surface area contributed by atoms with Gasteiger partial charge in [0.15, 0.2) is 0 Å². The monoisotopic (exact) mass is 450 g/mol. The Morgan fingerprint density at radius 3 is 2.40 bits per heavy atom. The van der Waals surface area contributed by atoms with Gasteiger partial charge in [0, 0.05) is 29.6 Å². The van der Waals surface area contributed by atoms with Crippen molar-refractivity contribution < 1.29 is 13.2 Å². The van der Waals surface area contributed by atoms with E-state index >= 15 is 0 Å². The molecule has 0 unspecified atom stereocenters. The fraction of sp³-hybridized carbons (Fsp3) is 0.696. The second kappa shape index (κ2) is 7.49. The molecule has 4 bridgehead atoms. The van der Waals surface area contributed by atoms with Crippen molar-refractivity contribution in [2.45, 2.75) is 69.2 Å². The van der Waals surface area contributed by atoms with Crippen molar-refractivity contribution in [3.8, 4) is 0 Å². The zero-order valence-electron chi connectivity index (χ0n) is 17.6. The van der Waals surface area contributed by atoms with Crippen molar-refractivity contribution in [1.82, 2.24) is 9.62 Å². The maximum atomic E-state index is 13.4. The topological polar surface area (TPSA) is 66.5 Å². The third-order valence-electron chi connectivity index (χ3n) is 8.08. The second-order valence-electron chi connectivity index (χ2n) is 10.2. The number of nitrogens with zero attached hydrogens (tertiary/aromatic N) is 1. The van der Waals surface area contributed by atoms with E-state index in [-0.39, 0.29) is 22.3 Å². The van der Waals surface area contributed by atoms with E-state index in [9.17, 15) is 13.2 Å². The number of carbonyl (C=O) groups excluding carboxylic acids is 1. The van der Waals surface area contributed by atoms with Crippen molar-refractivity contribution >= 4 is 27.5 Å². The summed E-state index contributed by atoms with van der Waals surface area (Å²) in [5, 5.41) is 3.74. The molecule has 0 radical (unpaired) electrons. The predicted octanol–water partition coefficient (Wildman–Crippen LogP) is 4.13. The third kappa shape index (κ3) is 3.49. The highest BCUT2D eigenvalue weighted by Crippen LogP contribution is 2.60. The van der Waals surface area contributed by atoms with Crippen LogP contribution in [0.25, 0.3) is 0 Å². The minimum atomic E-state index is -3.63. The molecule has 1 aliphatic heterocycles. The first-order chi connectivity index (χ1) is 14.3. The van der Waals surface area contributed by atoms with Gasteiger partial charge in [0.1, 0.15) is 0 Å². The lowest BCUT2D eigenvalue weighted by Gasteiger charge is -2.56. The Bertz CT molecular complexity index is 926. The third-order valence-corrected chi connectivity index (χ3v) is 10.5. The van der Waals surface area contributed by atoms with E-state index in [4.69, 9.17) is 11.6 Å². The molecular formula is C23H31ClN2O3S. The van der Waals surface area contributed by atoms with Gasteiger partial charge in [-0.3, -0.25) is 4.79 Å². The first-order valence-corrected chi connectivity index (χ1v) is 13.1. The van der Waals surface area contributed by atoms with E-state index in [0.717, 1.165) is 49.9 Å². The average molecular weight is 451 g/mol. The lowest BCUT2D eigenvalue weighted by molar-refractivity contribution is -0.147. The predicted molar refractivity (Wildman–Crippen MR) is 117 cm³/mol. The van der Waals surface area contributed by atoms with E-state index < -0.39 is 10.0 Å². The Kier molecular flexibility index (Phi) is 5.19. The Morgan fingerprint density at radius 1 is 1.13 bits per heavy atom. The minimum Gasteiger partial charge on any atom is -0.352 e. The van der Waals surface area contributed by atoms with E-state index in [1.807, 2.05) is 0 Å². The highest BCUT2D eigenvalue weighted by atomic mass is 35.5. The summed E-state index contributed by atoms with van der Waals surface area (Å²) >= 11 is 6.17. The van der Waals surface area contributed by atoms with Gasteiger partial charge in [0.2, 0.25) is 15.9 Å². The smallest absolute Gasteiger partial charge is 0.243 e. The Labute approximate surface area is 184 Å². The van der Waals surface area contributed by atoms with Crippen molar-refractivity contribution in [2.75, 3.05) is 13.1 Å². The first-order valence-electron chi connectivity index (χ1n) is 11.3. The largest absolute Gasteiger partial charge is 0.352 e. The van der Waals surface area contributed by atoms with E-state index in [0.29, 0.717) is 23.7 Å². The van der Waals surface area contributed by atoms with Gasteiger partial charge in [-0.25, -0.2) is 8.42 Å². The quantitative estimate of drug-likeness (QED) is 0.749. The number of hydrogen-bond acceptors (Lipinski definition) is 3. The fourth-order valence-electron chi connectivity index (χ4n) is 7.01. The Morgan fingerprint density at radius 2 is 1.77 bits per heavy atom. The number of nitrogens with one attached hydrogen (secondary N) is 1. The molecule has 1 saturated heterocycles. The lowest BCUT2D eigenvalue weighted by Crippen LogP contribution is -2.57. The highest BCUT2D eigenvalue weighted by Gasteiger charge is 2.54. The lowest BCUT2D eigenvalue weighted by atomic mass is 9.49. The van der Waals surface area contributed by atoms with Gasteiger partial charge in [0.05, 0.1) is 4.90 Å². The summed E-state index contributed by atoms with van der Waals surface area (Å²) in [7, 11) is -3.63. The van der Waals surface area contributed by atoms with Crippen molar-refractivity contribution in [2.24, 2.45) is 23.2 Å². The van der Waals surface area contributed by atoms with Crippen LogP contribution >= 0.6 is 11.6 Å². The maximum Gasteiger partial charge on any atom is 0.243 e. The van der Waals surface area contributed by atoms with Gasteiger partial charge >= 0.3 is 0 Å². The van der Waals surface area contributed by atoms with Crippen LogP contribution in [0.5, 0.6) is 0 Å². The molecule has 1 atom stereocenters. The number of hydrogen-bond donors (Lipinski definition) is 1. The molecule has 1 aromatic rings. The summed E-state index contributed by atoms with van der Waals surface area (Å²) in [6.45, 7) is 2.57. The molecule has 6 rings (SSSR count). The zero-order chi connectivity index (χ0) is 21.1. The molecule has 164 valence electrons. The normalized spacial score (nSPS) is 36.1. The first kappa shape index (κ1) is 20.8. The number of sulfonamides is 1. The Hall–Kier alpha value is -1.11. The Balaban J connectivity index is 1.30. The van der Waals surface area contributed by atoms with Crippen LogP contribution < -0.4 is 5.32 Å². The number of halogens is 1. The SMILES string of the molecule is Cc1c(Cl)cccc1S(=O)(=O)N1CCC[C@H](NC(=O)C23CC4CC(CC(C4)C2)C3)C1. The van der Waals surface area contributed by atoms with Crippen molar-refractivity contribution in [1.29, 1.82) is 0 Å². The van der Waals surface area contributed by atoms with Crippen LogP contribution in [-0.2, 0) is 14.8 Å². The van der Waals surface area contributed by atoms with Gasteiger partial charge in [-0.15, -0.1) is 0 Å².